The van der Waals surface area contributed by atoms with Crippen LogP contribution in [0, 0.1) is 0 Å². The van der Waals surface area contributed by atoms with Crippen LogP contribution in [0.3, 0.4) is 0 Å². The summed E-state index contributed by atoms with van der Waals surface area (Å²) in [6, 6.07) is 15.0. The molecule has 0 radical (unpaired) electrons. The number of hydrogen-bond acceptors (Lipinski definition) is 6. The molecule has 0 saturated carbocycles. The van der Waals surface area contributed by atoms with E-state index in [0.29, 0.717) is 5.56 Å². The lowest BCUT2D eigenvalue weighted by Crippen LogP contribution is -2.54. The fraction of sp³-hybridized carbons (Fsp3) is 0.333. The van der Waals surface area contributed by atoms with Crippen molar-refractivity contribution >= 4 is 29.3 Å². The number of benzene rings is 2. The number of rotatable bonds is 4. The smallest absolute Gasteiger partial charge is 0.262 e. The predicted octanol–water partition coefficient (Wildman–Crippen LogP) is 1.99. The van der Waals surface area contributed by atoms with Crippen molar-refractivity contribution in [1.82, 2.24) is 15.5 Å². The van der Waals surface area contributed by atoms with Gasteiger partial charge in [-0.25, -0.2) is 0 Å². The maximum absolute atomic E-state index is 13.0. The third kappa shape index (κ3) is 3.67. The lowest BCUT2D eigenvalue weighted by atomic mass is 9.93. The van der Waals surface area contributed by atoms with Crippen LogP contribution in [0.5, 0.6) is 0 Å². The second kappa shape index (κ2) is 8.20. The van der Waals surface area contributed by atoms with Gasteiger partial charge in [0, 0.05) is 24.2 Å². The normalized spacial score (nSPS) is 25.5. The van der Waals surface area contributed by atoms with Gasteiger partial charge in [-0.05, 0) is 49.6 Å². The van der Waals surface area contributed by atoms with Crippen molar-refractivity contribution in [2.75, 3.05) is 11.9 Å². The highest BCUT2D eigenvalue weighted by Crippen LogP contribution is 2.31. The van der Waals surface area contributed by atoms with E-state index in [1.807, 2.05) is 18.2 Å². The highest BCUT2D eigenvalue weighted by Gasteiger charge is 2.44. The number of fused-ring (bicyclic) bond motifs is 1. The Kier molecular flexibility index (Phi) is 5.22. The SMILES string of the molecule is O=C1CCC(N2C(=O)c3ccc(N[C@@H]4CCN[C@@H](c5ccccc5)C4)cc3C2=O)C(=O)N1. The molecule has 0 spiro atoms. The summed E-state index contributed by atoms with van der Waals surface area (Å²) < 4.78 is 0. The van der Waals surface area contributed by atoms with Crippen LogP contribution in [-0.4, -0.2) is 47.2 Å². The van der Waals surface area contributed by atoms with E-state index in [1.54, 1.807) is 18.2 Å². The Labute approximate surface area is 185 Å². The molecular weight excluding hydrogens is 408 g/mol. The van der Waals surface area contributed by atoms with E-state index >= 15 is 0 Å². The first kappa shape index (κ1) is 20.4. The molecule has 2 aromatic carbocycles. The molecule has 0 bridgehead atoms. The Bertz CT molecular complexity index is 1100. The second-order valence-corrected chi connectivity index (χ2v) is 8.49. The van der Waals surface area contributed by atoms with Crippen molar-refractivity contribution in [2.45, 2.75) is 43.8 Å². The van der Waals surface area contributed by atoms with Gasteiger partial charge in [-0.2, -0.15) is 0 Å². The zero-order valence-electron chi connectivity index (χ0n) is 17.5. The summed E-state index contributed by atoms with van der Waals surface area (Å²) in [5.74, 6) is -1.96. The molecule has 0 aliphatic carbocycles. The number of carbonyl (C=O) groups is 4. The topological polar surface area (TPSA) is 108 Å². The van der Waals surface area contributed by atoms with Gasteiger partial charge in [0.1, 0.15) is 6.04 Å². The number of hydrogen-bond donors (Lipinski definition) is 3. The van der Waals surface area contributed by atoms with E-state index in [0.717, 1.165) is 30.0 Å². The first-order valence-corrected chi connectivity index (χ1v) is 10.9. The molecule has 0 aromatic heterocycles. The Hall–Kier alpha value is -3.52. The van der Waals surface area contributed by atoms with Crippen molar-refractivity contribution in [3.05, 3.63) is 65.2 Å². The molecule has 3 aliphatic heterocycles. The van der Waals surface area contributed by atoms with Crippen LogP contribution in [0.1, 0.15) is 58.0 Å². The van der Waals surface area contributed by atoms with E-state index in [9.17, 15) is 19.2 Å². The zero-order chi connectivity index (χ0) is 22.2. The van der Waals surface area contributed by atoms with Crippen molar-refractivity contribution in [1.29, 1.82) is 0 Å². The Morgan fingerprint density at radius 1 is 0.906 bits per heavy atom. The molecule has 164 valence electrons. The maximum atomic E-state index is 13.0. The van der Waals surface area contributed by atoms with Crippen LogP contribution in [0.4, 0.5) is 5.69 Å². The third-order valence-electron chi connectivity index (χ3n) is 6.42. The molecule has 2 fully saturated rings. The van der Waals surface area contributed by atoms with Crippen LogP contribution in [0.25, 0.3) is 0 Å². The second-order valence-electron chi connectivity index (χ2n) is 8.49. The molecule has 3 N–H and O–H groups in total. The minimum absolute atomic E-state index is 0.106. The minimum Gasteiger partial charge on any atom is -0.382 e. The molecule has 8 heteroatoms. The number of nitrogens with one attached hydrogen (secondary N) is 3. The van der Waals surface area contributed by atoms with Gasteiger partial charge in [0.2, 0.25) is 11.8 Å². The molecule has 5 rings (SSSR count). The number of imide groups is 2. The molecule has 8 nitrogen and oxygen atoms in total. The molecule has 2 saturated heterocycles. The fourth-order valence-electron chi connectivity index (χ4n) is 4.78. The third-order valence-corrected chi connectivity index (χ3v) is 6.42. The summed E-state index contributed by atoms with van der Waals surface area (Å²) in [6.45, 7) is 0.878. The number of amides is 4. The molecule has 3 atom stereocenters. The van der Waals surface area contributed by atoms with Crippen LogP contribution < -0.4 is 16.0 Å². The molecular formula is C24H24N4O4. The quantitative estimate of drug-likeness (QED) is 0.638. The molecule has 4 amide bonds. The van der Waals surface area contributed by atoms with Gasteiger partial charge in [0.25, 0.3) is 11.8 Å². The van der Waals surface area contributed by atoms with Crippen LogP contribution in [0.2, 0.25) is 0 Å². The number of nitrogens with zero attached hydrogens (tertiary/aromatic N) is 1. The van der Waals surface area contributed by atoms with Gasteiger partial charge >= 0.3 is 0 Å². The Balaban J connectivity index is 1.32. The van der Waals surface area contributed by atoms with Gasteiger partial charge in [0.15, 0.2) is 0 Å². The highest BCUT2D eigenvalue weighted by atomic mass is 16.2. The van der Waals surface area contributed by atoms with E-state index < -0.39 is 23.8 Å². The average Bonchev–Trinajstić information content (AvgIpc) is 3.04. The number of anilines is 1. The molecule has 2 aromatic rings. The largest absolute Gasteiger partial charge is 0.382 e. The molecule has 3 aliphatic rings. The molecule has 32 heavy (non-hydrogen) atoms. The average molecular weight is 432 g/mol. The molecule has 1 unspecified atom stereocenters. The first-order valence-electron chi connectivity index (χ1n) is 10.9. The van der Waals surface area contributed by atoms with Crippen molar-refractivity contribution < 1.29 is 19.2 Å². The zero-order valence-corrected chi connectivity index (χ0v) is 17.5. The lowest BCUT2D eigenvalue weighted by molar-refractivity contribution is -0.136. The minimum atomic E-state index is -0.951. The summed E-state index contributed by atoms with van der Waals surface area (Å²) in [5.41, 5.74) is 2.60. The lowest BCUT2D eigenvalue weighted by Gasteiger charge is -2.32. The number of piperidine rings is 2. The van der Waals surface area contributed by atoms with Crippen LogP contribution in [0.15, 0.2) is 48.5 Å². The summed E-state index contributed by atoms with van der Waals surface area (Å²) in [6.07, 6.45) is 2.10. The van der Waals surface area contributed by atoms with E-state index in [2.05, 4.69) is 28.1 Å². The van der Waals surface area contributed by atoms with Crippen molar-refractivity contribution in [3.63, 3.8) is 0 Å². The summed E-state index contributed by atoms with van der Waals surface area (Å²) in [7, 11) is 0. The van der Waals surface area contributed by atoms with E-state index in [4.69, 9.17) is 0 Å². The predicted molar refractivity (Wildman–Crippen MR) is 117 cm³/mol. The summed E-state index contributed by atoms with van der Waals surface area (Å²) in [4.78, 5) is 50.5. The van der Waals surface area contributed by atoms with Gasteiger partial charge < -0.3 is 10.6 Å². The Morgan fingerprint density at radius 2 is 1.69 bits per heavy atom. The van der Waals surface area contributed by atoms with Gasteiger partial charge in [-0.15, -0.1) is 0 Å². The molecule has 3 heterocycles. The van der Waals surface area contributed by atoms with E-state index in [1.165, 1.54) is 5.56 Å². The Morgan fingerprint density at radius 3 is 2.47 bits per heavy atom. The van der Waals surface area contributed by atoms with Crippen molar-refractivity contribution in [2.24, 2.45) is 0 Å². The standard InChI is InChI=1S/C24H24N4O4/c29-21-9-8-20(22(30)27-21)28-23(31)17-7-6-15(12-18(17)24(28)32)26-16-10-11-25-19(13-16)14-4-2-1-3-5-14/h1-7,12,16,19-20,25-26H,8-11,13H2,(H,27,29,30)/t16-,19-,20?/m1/s1. The summed E-state index contributed by atoms with van der Waals surface area (Å²) >= 11 is 0. The maximum Gasteiger partial charge on any atom is 0.262 e. The van der Waals surface area contributed by atoms with Gasteiger partial charge in [0.05, 0.1) is 11.1 Å². The van der Waals surface area contributed by atoms with Gasteiger partial charge in [-0.1, -0.05) is 30.3 Å². The van der Waals surface area contributed by atoms with E-state index in [-0.39, 0.29) is 36.4 Å². The monoisotopic (exact) mass is 432 g/mol. The van der Waals surface area contributed by atoms with Crippen LogP contribution >= 0.6 is 0 Å². The summed E-state index contributed by atoms with van der Waals surface area (Å²) in [5, 5.41) is 9.27. The number of carbonyl (C=O) groups excluding carboxylic acids is 4. The fourth-order valence-corrected chi connectivity index (χ4v) is 4.78. The first-order chi connectivity index (χ1) is 15.5. The van der Waals surface area contributed by atoms with Crippen molar-refractivity contribution in [3.8, 4) is 0 Å². The highest BCUT2D eigenvalue weighted by molar-refractivity contribution is 6.23. The van der Waals surface area contributed by atoms with Crippen LogP contribution in [-0.2, 0) is 9.59 Å². The van der Waals surface area contributed by atoms with Gasteiger partial charge in [-0.3, -0.25) is 29.4 Å².